The minimum atomic E-state index is 0.306. The number of rotatable bonds is 8. The van der Waals surface area contributed by atoms with E-state index in [0.717, 1.165) is 45.0 Å². The number of anilines is 1. The number of hydrogen-bond acceptors (Lipinski definition) is 9. The molecule has 0 bridgehead atoms. The average molecular weight is 496 g/mol. The number of nitrogen functional groups attached to an aromatic ring is 1. The summed E-state index contributed by atoms with van der Waals surface area (Å²) < 4.78 is 19.1. The Morgan fingerprint density at radius 1 is 1.06 bits per heavy atom. The van der Waals surface area contributed by atoms with Gasteiger partial charge in [0.15, 0.2) is 5.65 Å². The number of nitrogens with two attached hydrogens (primary N) is 1. The summed E-state index contributed by atoms with van der Waals surface area (Å²) in [4.78, 5) is 15.1. The zero-order chi connectivity index (χ0) is 24.0. The quantitative estimate of drug-likeness (QED) is 0.393. The first-order valence-electron chi connectivity index (χ1n) is 11.4. The van der Waals surface area contributed by atoms with Crippen LogP contribution in [-0.2, 0) is 11.3 Å². The molecule has 0 aliphatic carbocycles. The van der Waals surface area contributed by atoms with Gasteiger partial charge < -0.3 is 19.9 Å². The second-order valence-corrected chi connectivity index (χ2v) is 8.46. The fraction of sp³-hybridized carbons (Fsp3) is 0.333. The lowest BCUT2D eigenvalue weighted by Gasteiger charge is -2.18. The molecule has 0 atom stereocenters. The smallest absolute Gasteiger partial charge is 0.246 e. The van der Waals surface area contributed by atoms with Crippen LogP contribution in [0.2, 0.25) is 5.02 Å². The van der Waals surface area contributed by atoms with Gasteiger partial charge in [0.2, 0.25) is 5.88 Å². The minimum absolute atomic E-state index is 0.306. The Kier molecular flexibility index (Phi) is 7.22. The van der Waals surface area contributed by atoms with Crippen molar-refractivity contribution in [3.8, 4) is 17.3 Å². The Morgan fingerprint density at radius 2 is 2.00 bits per heavy atom. The molecule has 10 nitrogen and oxygen atoms in total. The number of fused-ring (bicyclic) bond motifs is 1. The zero-order valence-electron chi connectivity index (χ0n) is 19.1. The Labute approximate surface area is 207 Å². The first kappa shape index (κ1) is 23.3. The van der Waals surface area contributed by atoms with Crippen molar-refractivity contribution in [1.29, 1.82) is 0 Å². The molecule has 0 radical (unpaired) electrons. The van der Waals surface area contributed by atoms with Crippen LogP contribution in [0.25, 0.3) is 16.7 Å². The molecule has 0 saturated carbocycles. The molecular weight excluding hydrogens is 470 g/mol. The standard InChI is InChI=1S/C24H26ClN7O3/c25-19-14-18(5-6-20(19)35-15-17-4-1-2-7-27-17)32-23-21(22(26)28-16-29-23)24(30-32)34-13-10-31-8-3-11-33-12-9-31/h1-2,4-7,14,16H,3,8-13,15H2,(H2,26,28,29). The molecule has 11 heteroatoms. The van der Waals surface area contributed by atoms with Crippen molar-refractivity contribution in [2.75, 3.05) is 45.2 Å². The van der Waals surface area contributed by atoms with Crippen LogP contribution in [-0.4, -0.2) is 69.1 Å². The van der Waals surface area contributed by atoms with Crippen LogP contribution in [0.15, 0.2) is 48.9 Å². The third kappa shape index (κ3) is 5.45. The van der Waals surface area contributed by atoms with Gasteiger partial charge in [0.1, 0.15) is 36.5 Å². The van der Waals surface area contributed by atoms with Gasteiger partial charge in [-0.25, -0.2) is 14.6 Å². The molecule has 1 aliphatic heterocycles. The molecule has 3 aromatic heterocycles. The van der Waals surface area contributed by atoms with Crippen molar-refractivity contribution in [2.45, 2.75) is 13.0 Å². The zero-order valence-corrected chi connectivity index (χ0v) is 19.9. The van der Waals surface area contributed by atoms with Crippen LogP contribution in [0.1, 0.15) is 12.1 Å². The molecule has 35 heavy (non-hydrogen) atoms. The van der Waals surface area contributed by atoms with Crippen molar-refractivity contribution in [3.05, 3.63) is 59.6 Å². The second kappa shape index (κ2) is 10.9. The van der Waals surface area contributed by atoms with Gasteiger partial charge in [-0.15, -0.1) is 5.10 Å². The number of halogens is 1. The summed E-state index contributed by atoms with van der Waals surface area (Å²) >= 11 is 6.53. The van der Waals surface area contributed by atoms with E-state index in [4.69, 9.17) is 31.5 Å². The Morgan fingerprint density at radius 3 is 2.86 bits per heavy atom. The summed E-state index contributed by atoms with van der Waals surface area (Å²) in [6, 6.07) is 11.1. The molecule has 2 N–H and O–H groups in total. The van der Waals surface area contributed by atoms with Gasteiger partial charge in [0.25, 0.3) is 0 Å². The fourth-order valence-electron chi connectivity index (χ4n) is 3.89. The summed E-state index contributed by atoms with van der Waals surface area (Å²) in [5.74, 6) is 1.24. The highest BCUT2D eigenvalue weighted by Gasteiger charge is 2.19. The number of benzene rings is 1. The maximum atomic E-state index is 6.53. The molecule has 4 aromatic rings. The van der Waals surface area contributed by atoms with Crippen LogP contribution < -0.4 is 15.2 Å². The van der Waals surface area contributed by atoms with E-state index in [1.165, 1.54) is 6.33 Å². The van der Waals surface area contributed by atoms with Crippen LogP contribution in [0, 0.1) is 0 Å². The predicted octanol–water partition coefficient (Wildman–Crippen LogP) is 3.13. The first-order valence-corrected chi connectivity index (χ1v) is 11.8. The van der Waals surface area contributed by atoms with Crippen molar-refractivity contribution in [3.63, 3.8) is 0 Å². The third-order valence-electron chi connectivity index (χ3n) is 5.68. The van der Waals surface area contributed by atoms with Crippen molar-refractivity contribution < 1.29 is 14.2 Å². The van der Waals surface area contributed by atoms with Crippen LogP contribution in [0.4, 0.5) is 5.82 Å². The topological polar surface area (TPSA) is 113 Å². The summed E-state index contributed by atoms with van der Waals surface area (Å²) in [6.45, 7) is 4.95. The number of hydrogen-bond donors (Lipinski definition) is 1. The average Bonchev–Trinajstić information content (AvgIpc) is 3.05. The highest BCUT2D eigenvalue weighted by atomic mass is 35.5. The third-order valence-corrected chi connectivity index (χ3v) is 5.98. The summed E-state index contributed by atoms with van der Waals surface area (Å²) in [6.07, 6.45) is 4.14. The number of ether oxygens (including phenoxy) is 3. The largest absolute Gasteiger partial charge is 0.486 e. The number of pyridine rings is 1. The van der Waals surface area contributed by atoms with E-state index < -0.39 is 0 Å². The van der Waals surface area contributed by atoms with E-state index in [1.54, 1.807) is 23.0 Å². The van der Waals surface area contributed by atoms with Gasteiger partial charge in [0, 0.05) is 32.4 Å². The second-order valence-electron chi connectivity index (χ2n) is 8.05. The van der Waals surface area contributed by atoms with E-state index in [-0.39, 0.29) is 0 Å². The normalized spacial score (nSPS) is 14.7. The van der Waals surface area contributed by atoms with Gasteiger partial charge in [-0.3, -0.25) is 9.88 Å². The molecule has 182 valence electrons. The summed E-state index contributed by atoms with van der Waals surface area (Å²) in [5.41, 5.74) is 8.21. The van der Waals surface area contributed by atoms with Crippen LogP contribution in [0.5, 0.6) is 11.6 Å². The number of aromatic nitrogens is 5. The Bertz CT molecular complexity index is 1280. The molecule has 1 fully saturated rings. The summed E-state index contributed by atoms with van der Waals surface area (Å²) in [5, 5.41) is 5.65. The van der Waals surface area contributed by atoms with Crippen LogP contribution >= 0.6 is 11.6 Å². The van der Waals surface area contributed by atoms with Crippen molar-refractivity contribution in [1.82, 2.24) is 29.6 Å². The van der Waals surface area contributed by atoms with Gasteiger partial charge >= 0.3 is 0 Å². The van der Waals surface area contributed by atoms with Crippen LogP contribution in [0.3, 0.4) is 0 Å². The van der Waals surface area contributed by atoms with Crippen molar-refractivity contribution in [2.24, 2.45) is 0 Å². The van der Waals surface area contributed by atoms with Gasteiger partial charge in [-0.05, 0) is 36.8 Å². The molecule has 0 spiro atoms. The SMILES string of the molecule is Nc1ncnc2c1c(OCCN1CCCOCC1)nn2-c1ccc(OCc2ccccn2)c(Cl)c1. The van der Waals surface area contributed by atoms with Crippen molar-refractivity contribution >= 4 is 28.5 Å². The maximum absolute atomic E-state index is 6.53. The van der Waals surface area contributed by atoms with E-state index in [2.05, 4.69) is 25.0 Å². The molecule has 1 aromatic carbocycles. The lowest BCUT2D eigenvalue weighted by Crippen LogP contribution is -2.30. The first-order chi connectivity index (χ1) is 17.2. The van der Waals surface area contributed by atoms with Gasteiger partial charge in [0.05, 0.1) is 23.0 Å². The molecule has 0 amide bonds. The Hall–Kier alpha value is -3.47. The maximum Gasteiger partial charge on any atom is 0.246 e. The molecule has 4 heterocycles. The van der Waals surface area contributed by atoms with E-state index in [9.17, 15) is 0 Å². The molecule has 1 saturated heterocycles. The lowest BCUT2D eigenvalue weighted by molar-refractivity contribution is 0.137. The molecule has 5 rings (SSSR count). The highest BCUT2D eigenvalue weighted by molar-refractivity contribution is 6.32. The van der Waals surface area contributed by atoms with E-state index in [1.807, 2.05) is 24.3 Å². The molecule has 1 aliphatic rings. The monoisotopic (exact) mass is 495 g/mol. The van der Waals surface area contributed by atoms with Gasteiger partial charge in [-0.1, -0.05) is 17.7 Å². The van der Waals surface area contributed by atoms with Gasteiger partial charge in [-0.2, -0.15) is 0 Å². The van der Waals surface area contributed by atoms with E-state index >= 15 is 0 Å². The lowest BCUT2D eigenvalue weighted by atomic mass is 10.3. The fourth-order valence-corrected chi connectivity index (χ4v) is 4.12. The predicted molar refractivity (Wildman–Crippen MR) is 132 cm³/mol. The minimum Gasteiger partial charge on any atom is -0.486 e. The Balaban J connectivity index is 1.35. The molecular formula is C24H26ClN7O3. The number of nitrogens with zero attached hydrogens (tertiary/aromatic N) is 6. The highest BCUT2D eigenvalue weighted by Crippen LogP contribution is 2.32. The van der Waals surface area contributed by atoms with E-state index in [0.29, 0.717) is 52.4 Å². The molecule has 0 unspecified atom stereocenters. The summed E-state index contributed by atoms with van der Waals surface area (Å²) in [7, 11) is 0.